The van der Waals surface area contributed by atoms with Crippen LogP contribution in [0.15, 0.2) is 36.5 Å². The molecule has 0 unspecified atom stereocenters. The number of aromatic nitrogens is 1. The van der Waals surface area contributed by atoms with Crippen LogP contribution < -0.4 is 5.73 Å². The maximum absolute atomic E-state index is 6.27. The second-order valence-electron chi connectivity index (χ2n) is 4.52. The first kappa shape index (κ1) is 12.1. The highest BCUT2D eigenvalue weighted by atomic mass is 14.7. The molecular formula is C15H20N2. The standard InChI is InChI=1S/C15H20N2/c1-2-3-4-8-14(16)12-10-11-17-15-9-6-5-7-13(12)15/h5-7,9-11,14H,2-4,8,16H2,1H3/t14-/m1/s1. The summed E-state index contributed by atoms with van der Waals surface area (Å²) >= 11 is 0. The fourth-order valence-electron chi connectivity index (χ4n) is 2.21. The summed E-state index contributed by atoms with van der Waals surface area (Å²) in [6.07, 6.45) is 6.62. The second-order valence-corrected chi connectivity index (χ2v) is 4.52. The molecule has 0 aliphatic heterocycles. The van der Waals surface area contributed by atoms with Gasteiger partial charge in [0.15, 0.2) is 0 Å². The summed E-state index contributed by atoms with van der Waals surface area (Å²) in [6, 6.07) is 10.4. The summed E-state index contributed by atoms with van der Waals surface area (Å²) in [7, 11) is 0. The normalized spacial score (nSPS) is 12.8. The van der Waals surface area contributed by atoms with Gasteiger partial charge in [-0.2, -0.15) is 0 Å². The molecule has 0 saturated heterocycles. The molecule has 0 bridgehead atoms. The van der Waals surface area contributed by atoms with E-state index in [1.165, 1.54) is 30.2 Å². The topological polar surface area (TPSA) is 38.9 Å². The van der Waals surface area contributed by atoms with Gasteiger partial charge in [-0.25, -0.2) is 0 Å². The molecule has 90 valence electrons. The predicted octanol–water partition coefficient (Wildman–Crippen LogP) is 3.81. The fourth-order valence-corrected chi connectivity index (χ4v) is 2.21. The van der Waals surface area contributed by atoms with Crippen molar-refractivity contribution in [2.45, 2.75) is 38.6 Å². The third-order valence-corrected chi connectivity index (χ3v) is 3.20. The lowest BCUT2D eigenvalue weighted by atomic mass is 9.98. The van der Waals surface area contributed by atoms with Crippen LogP contribution >= 0.6 is 0 Å². The predicted molar refractivity (Wildman–Crippen MR) is 72.8 cm³/mol. The van der Waals surface area contributed by atoms with Crippen LogP contribution in [0.1, 0.15) is 44.2 Å². The van der Waals surface area contributed by atoms with Gasteiger partial charge in [-0.3, -0.25) is 4.98 Å². The van der Waals surface area contributed by atoms with Crippen molar-refractivity contribution >= 4 is 10.9 Å². The van der Waals surface area contributed by atoms with Crippen molar-refractivity contribution < 1.29 is 0 Å². The van der Waals surface area contributed by atoms with Crippen LogP contribution in [0.3, 0.4) is 0 Å². The zero-order valence-corrected chi connectivity index (χ0v) is 10.4. The smallest absolute Gasteiger partial charge is 0.0705 e. The third-order valence-electron chi connectivity index (χ3n) is 3.20. The van der Waals surface area contributed by atoms with E-state index in [2.05, 4.69) is 24.0 Å². The number of nitrogens with zero attached hydrogens (tertiary/aromatic N) is 1. The van der Waals surface area contributed by atoms with Gasteiger partial charge in [0.25, 0.3) is 0 Å². The summed E-state index contributed by atoms with van der Waals surface area (Å²) in [4.78, 5) is 4.37. The Hall–Kier alpha value is -1.41. The van der Waals surface area contributed by atoms with Crippen LogP contribution in [0, 0.1) is 0 Å². The van der Waals surface area contributed by atoms with Gasteiger partial charge in [0.05, 0.1) is 5.52 Å². The van der Waals surface area contributed by atoms with Crippen molar-refractivity contribution in [1.82, 2.24) is 4.98 Å². The van der Waals surface area contributed by atoms with E-state index in [-0.39, 0.29) is 6.04 Å². The summed E-state index contributed by atoms with van der Waals surface area (Å²) in [5, 5.41) is 1.19. The second kappa shape index (κ2) is 5.78. The quantitative estimate of drug-likeness (QED) is 0.790. The van der Waals surface area contributed by atoms with Gasteiger partial charge in [0.2, 0.25) is 0 Å². The third kappa shape index (κ3) is 2.83. The summed E-state index contributed by atoms with van der Waals surface area (Å²) in [5.74, 6) is 0. The summed E-state index contributed by atoms with van der Waals surface area (Å²) in [5.41, 5.74) is 8.54. The zero-order valence-electron chi connectivity index (χ0n) is 10.4. The van der Waals surface area contributed by atoms with Gasteiger partial charge in [0.1, 0.15) is 0 Å². The van der Waals surface area contributed by atoms with E-state index in [9.17, 15) is 0 Å². The average Bonchev–Trinajstić information content (AvgIpc) is 2.38. The number of hydrogen-bond acceptors (Lipinski definition) is 2. The Labute approximate surface area is 103 Å². The Balaban J connectivity index is 2.22. The number of fused-ring (bicyclic) bond motifs is 1. The first-order valence-corrected chi connectivity index (χ1v) is 6.42. The van der Waals surface area contributed by atoms with E-state index in [0.29, 0.717) is 0 Å². The minimum Gasteiger partial charge on any atom is -0.324 e. The van der Waals surface area contributed by atoms with Gasteiger partial charge in [-0.15, -0.1) is 0 Å². The molecule has 0 fully saturated rings. The van der Waals surface area contributed by atoms with Crippen molar-refractivity contribution in [3.63, 3.8) is 0 Å². The molecule has 17 heavy (non-hydrogen) atoms. The molecule has 1 aromatic heterocycles. The van der Waals surface area contributed by atoms with E-state index in [1.807, 2.05) is 24.4 Å². The highest BCUT2D eigenvalue weighted by Crippen LogP contribution is 2.24. The van der Waals surface area contributed by atoms with E-state index >= 15 is 0 Å². The molecule has 1 atom stereocenters. The molecule has 0 aliphatic rings. The maximum atomic E-state index is 6.27. The van der Waals surface area contributed by atoms with Crippen LogP contribution in [-0.2, 0) is 0 Å². The van der Waals surface area contributed by atoms with Crippen LogP contribution in [-0.4, -0.2) is 4.98 Å². The van der Waals surface area contributed by atoms with E-state index in [4.69, 9.17) is 5.73 Å². The van der Waals surface area contributed by atoms with Crippen molar-refractivity contribution in [2.75, 3.05) is 0 Å². The number of unbranched alkanes of at least 4 members (excludes halogenated alkanes) is 2. The minimum atomic E-state index is 0.134. The number of para-hydroxylation sites is 1. The molecule has 0 spiro atoms. The van der Waals surface area contributed by atoms with Gasteiger partial charge in [-0.1, -0.05) is 44.4 Å². The lowest BCUT2D eigenvalue weighted by Gasteiger charge is -2.14. The molecule has 2 heteroatoms. The molecule has 2 nitrogen and oxygen atoms in total. The van der Waals surface area contributed by atoms with Crippen molar-refractivity contribution in [3.05, 3.63) is 42.1 Å². The van der Waals surface area contributed by atoms with Crippen LogP contribution in [0.2, 0.25) is 0 Å². The molecule has 0 saturated carbocycles. The number of nitrogens with two attached hydrogens (primary N) is 1. The molecule has 0 amide bonds. The summed E-state index contributed by atoms with van der Waals surface area (Å²) in [6.45, 7) is 2.22. The fraction of sp³-hybridized carbons (Fsp3) is 0.400. The average molecular weight is 228 g/mol. The van der Waals surface area contributed by atoms with Gasteiger partial charge in [-0.05, 0) is 24.1 Å². The van der Waals surface area contributed by atoms with Crippen molar-refractivity contribution in [3.8, 4) is 0 Å². The number of hydrogen-bond donors (Lipinski definition) is 1. The molecule has 2 aromatic rings. The van der Waals surface area contributed by atoms with Crippen molar-refractivity contribution in [2.24, 2.45) is 5.73 Å². The van der Waals surface area contributed by atoms with Gasteiger partial charge >= 0.3 is 0 Å². The Morgan fingerprint density at radius 1 is 1.18 bits per heavy atom. The van der Waals surface area contributed by atoms with Crippen LogP contribution in [0.5, 0.6) is 0 Å². The highest BCUT2D eigenvalue weighted by molar-refractivity contribution is 5.82. The summed E-state index contributed by atoms with van der Waals surface area (Å²) < 4.78 is 0. The molecule has 0 aliphatic carbocycles. The van der Waals surface area contributed by atoms with Crippen LogP contribution in [0.25, 0.3) is 10.9 Å². The molecule has 1 aromatic carbocycles. The van der Waals surface area contributed by atoms with E-state index in [0.717, 1.165) is 11.9 Å². The van der Waals surface area contributed by atoms with Gasteiger partial charge < -0.3 is 5.73 Å². The van der Waals surface area contributed by atoms with Crippen molar-refractivity contribution in [1.29, 1.82) is 0 Å². The largest absolute Gasteiger partial charge is 0.324 e. The Morgan fingerprint density at radius 3 is 2.82 bits per heavy atom. The monoisotopic (exact) mass is 228 g/mol. The lowest BCUT2D eigenvalue weighted by molar-refractivity contribution is 0.583. The van der Waals surface area contributed by atoms with E-state index in [1.54, 1.807) is 0 Å². The molecular weight excluding hydrogens is 208 g/mol. The Morgan fingerprint density at radius 2 is 2.00 bits per heavy atom. The highest BCUT2D eigenvalue weighted by Gasteiger charge is 2.09. The zero-order chi connectivity index (χ0) is 12.1. The van der Waals surface area contributed by atoms with Gasteiger partial charge in [0, 0.05) is 17.6 Å². The number of benzene rings is 1. The molecule has 2 N–H and O–H groups in total. The minimum absolute atomic E-state index is 0.134. The first-order chi connectivity index (χ1) is 8.33. The number of pyridine rings is 1. The number of rotatable bonds is 5. The Kier molecular flexibility index (Phi) is 4.10. The SMILES string of the molecule is CCCCC[C@@H](N)c1ccnc2ccccc12. The van der Waals surface area contributed by atoms with Crippen LogP contribution in [0.4, 0.5) is 0 Å². The Bertz CT molecular complexity index is 474. The van der Waals surface area contributed by atoms with E-state index < -0.39 is 0 Å². The first-order valence-electron chi connectivity index (χ1n) is 6.42. The molecule has 1 heterocycles. The lowest BCUT2D eigenvalue weighted by Crippen LogP contribution is -2.10. The maximum Gasteiger partial charge on any atom is 0.0705 e. The molecule has 2 rings (SSSR count). The molecule has 0 radical (unpaired) electrons.